The highest BCUT2D eigenvalue weighted by Gasteiger charge is 2.34. The van der Waals surface area contributed by atoms with Crippen molar-refractivity contribution < 1.29 is 0 Å². The van der Waals surface area contributed by atoms with Crippen LogP contribution in [0.5, 0.6) is 0 Å². The molecule has 0 saturated carbocycles. The summed E-state index contributed by atoms with van der Waals surface area (Å²) in [6.45, 7) is 4.72. The van der Waals surface area contributed by atoms with Crippen molar-refractivity contribution in [2.75, 3.05) is 0 Å². The molecule has 1 aliphatic carbocycles. The first-order valence-electron chi connectivity index (χ1n) is 8.85. The summed E-state index contributed by atoms with van der Waals surface area (Å²) < 4.78 is 0. The Morgan fingerprint density at radius 3 is 2.76 bits per heavy atom. The number of para-hydroxylation sites is 1. The van der Waals surface area contributed by atoms with Gasteiger partial charge in [-0.2, -0.15) is 0 Å². The highest BCUT2D eigenvalue weighted by atomic mass is 14.9. The van der Waals surface area contributed by atoms with Crippen molar-refractivity contribution in [3.63, 3.8) is 0 Å². The maximum atomic E-state index is 5.00. The van der Waals surface area contributed by atoms with Crippen LogP contribution >= 0.6 is 0 Å². The highest BCUT2D eigenvalue weighted by Crippen LogP contribution is 2.47. The van der Waals surface area contributed by atoms with Gasteiger partial charge in [0.2, 0.25) is 0 Å². The highest BCUT2D eigenvalue weighted by molar-refractivity contribution is 5.82. The molecule has 0 amide bonds. The molecule has 2 unspecified atom stereocenters. The van der Waals surface area contributed by atoms with Crippen LogP contribution in [0.4, 0.5) is 5.69 Å². The molecule has 1 radical (unpaired) electrons. The summed E-state index contributed by atoms with van der Waals surface area (Å²) in [4.78, 5) is 0. The number of benzene rings is 1. The Morgan fingerprint density at radius 2 is 1.90 bits per heavy atom. The van der Waals surface area contributed by atoms with Gasteiger partial charge in [-0.05, 0) is 36.8 Å². The predicted octanol–water partition coefficient (Wildman–Crippen LogP) is 6.05. The van der Waals surface area contributed by atoms with E-state index < -0.39 is 0 Å². The molecule has 2 aliphatic rings. The number of rotatable bonds is 6. The monoisotopic (exact) mass is 282 g/mol. The van der Waals surface area contributed by atoms with Crippen LogP contribution in [-0.4, -0.2) is 0 Å². The zero-order valence-corrected chi connectivity index (χ0v) is 13.6. The molecule has 1 heterocycles. The average Bonchev–Trinajstić information content (AvgIpc) is 2.87. The van der Waals surface area contributed by atoms with Crippen LogP contribution in [0.1, 0.15) is 70.8 Å². The smallest absolute Gasteiger partial charge is 0.0708 e. The first-order valence-corrected chi connectivity index (χ1v) is 8.85. The van der Waals surface area contributed by atoms with Gasteiger partial charge in [-0.25, -0.2) is 0 Å². The fourth-order valence-corrected chi connectivity index (χ4v) is 3.96. The second kappa shape index (κ2) is 6.68. The molecule has 1 aliphatic heterocycles. The van der Waals surface area contributed by atoms with Crippen molar-refractivity contribution in [1.82, 2.24) is 5.32 Å². The van der Waals surface area contributed by atoms with Gasteiger partial charge in [-0.3, -0.25) is 5.32 Å². The average molecular weight is 282 g/mol. The van der Waals surface area contributed by atoms with E-state index in [1.807, 2.05) is 0 Å². The first kappa shape index (κ1) is 14.7. The lowest BCUT2D eigenvalue weighted by atomic mass is 9.76. The number of allylic oxidation sites excluding steroid dienone is 2. The SMILES string of the molecule is CCCCCCCC1C2=C(CCC1C)c1ccccc1[N]2. The molecule has 0 bridgehead atoms. The Morgan fingerprint density at radius 1 is 1.10 bits per heavy atom. The molecule has 2 atom stereocenters. The zero-order chi connectivity index (χ0) is 14.7. The molecule has 3 rings (SSSR count). The molecule has 0 aromatic heterocycles. The molecule has 0 spiro atoms. The minimum Gasteiger partial charge on any atom is -0.252 e. The quantitative estimate of drug-likeness (QED) is 0.563. The standard InChI is InChI=1S/C20H28N/c1-3-4-5-6-7-10-16-15(2)13-14-18-17-11-8-9-12-19(17)21-20(16)18/h8-9,11-12,15-16H,3-7,10,13-14H2,1-2H3. The third-order valence-corrected chi connectivity index (χ3v) is 5.29. The Kier molecular flexibility index (Phi) is 4.67. The van der Waals surface area contributed by atoms with E-state index in [4.69, 9.17) is 5.32 Å². The van der Waals surface area contributed by atoms with Crippen molar-refractivity contribution in [3.05, 3.63) is 35.5 Å². The summed E-state index contributed by atoms with van der Waals surface area (Å²) in [5.41, 5.74) is 5.62. The summed E-state index contributed by atoms with van der Waals surface area (Å²) in [7, 11) is 0. The Labute approximate surface area is 129 Å². The molecular weight excluding hydrogens is 254 g/mol. The van der Waals surface area contributed by atoms with E-state index in [-0.39, 0.29) is 0 Å². The van der Waals surface area contributed by atoms with Gasteiger partial charge in [-0.1, -0.05) is 64.2 Å². The van der Waals surface area contributed by atoms with Crippen LogP contribution in [0.15, 0.2) is 30.0 Å². The van der Waals surface area contributed by atoms with Crippen LogP contribution in [0.2, 0.25) is 0 Å². The largest absolute Gasteiger partial charge is 0.252 e. The molecule has 0 saturated heterocycles. The molecule has 113 valence electrons. The van der Waals surface area contributed by atoms with E-state index >= 15 is 0 Å². The van der Waals surface area contributed by atoms with E-state index in [9.17, 15) is 0 Å². The van der Waals surface area contributed by atoms with Gasteiger partial charge in [0.05, 0.1) is 5.69 Å². The number of hydrogen-bond donors (Lipinski definition) is 0. The number of nitrogens with zero attached hydrogens (tertiary/aromatic N) is 1. The van der Waals surface area contributed by atoms with Crippen LogP contribution < -0.4 is 5.32 Å². The summed E-state index contributed by atoms with van der Waals surface area (Å²) in [6.07, 6.45) is 10.8. The molecule has 1 aromatic rings. The fourth-order valence-electron chi connectivity index (χ4n) is 3.96. The maximum Gasteiger partial charge on any atom is 0.0708 e. The van der Waals surface area contributed by atoms with E-state index in [1.165, 1.54) is 68.3 Å². The molecule has 0 fully saturated rings. The Balaban J connectivity index is 1.68. The zero-order valence-electron chi connectivity index (χ0n) is 13.6. The predicted molar refractivity (Wildman–Crippen MR) is 90.4 cm³/mol. The lowest BCUT2D eigenvalue weighted by molar-refractivity contribution is 0.333. The second-order valence-electron chi connectivity index (χ2n) is 6.82. The van der Waals surface area contributed by atoms with Crippen molar-refractivity contribution in [3.8, 4) is 0 Å². The minimum absolute atomic E-state index is 0.697. The fraction of sp³-hybridized carbons (Fsp3) is 0.600. The third kappa shape index (κ3) is 3.02. The molecule has 21 heavy (non-hydrogen) atoms. The van der Waals surface area contributed by atoms with Gasteiger partial charge < -0.3 is 0 Å². The number of hydrogen-bond acceptors (Lipinski definition) is 0. The van der Waals surface area contributed by atoms with Crippen molar-refractivity contribution in [2.45, 2.75) is 65.2 Å². The Hall–Kier alpha value is -1.24. The van der Waals surface area contributed by atoms with Gasteiger partial charge in [0.25, 0.3) is 0 Å². The number of fused-ring (bicyclic) bond motifs is 2. The molecule has 1 nitrogen and oxygen atoms in total. The summed E-state index contributed by atoms with van der Waals surface area (Å²) >= 11 is 0. The van der Waals surface area contributed by atoms with E-state index in [0.29, 0.717) is 5.92 Å². The van der Waals surface area contributed by atoms with Crippen molar-refractivity contribution >= 4 is 11.3 Å². The van der Waals surface area contributed by atoms with E-state index in [2.05, 4.69) is 38.1 Å². The van der Waals surface area contributed by atoms with Crippen LogP contribution in [-0.2, 0) is 0 Å². The maximum absolute atomic E-state index is 5.00. The third-order valence-electron chi connectivity index (χ3n) is 5.29. The first-order chi connectivity index (χ1) is 10.3. The Bertz CT molecular complexity index is 514. The van der Waals surface area contributed by atoms with Crippen molar-refractivity contribution in [1.29, 1.82) is 0 Å². The molecule has 1 aromatic carbocycles. The van der Waals surface area contributed by atoms with Crippen LogP contribution in [0.3, 0.4) is 0 Å². The normalized spacial score (nSPS) is 23.7. The molecule has 1 heteroatoms. The van der Waals surface area contributed by atoms with Gasteiger partial charge in [0, 0.05) is 17.2 Å². The van der Waals surface area contributed by atoms with E-state index in [1.54, 1.807) is 5.57 Å². The summed E-state index contributed by atoms with van der Waals surface area (Å²) in [5.74, 6) is 1.50. The van der Waals surface area contributed by atoms with E-state index in [0.717, 1.165) is 5.92 Å². The van der Waals surface area contributed by atoms with Gasteiger partial charge in [0.1, 0.15) is 0 Å². The topological polar surface area (TPSA) is 14.1 Å². The van der Waals surface area contributed by atoms with Crippen LogP contribution in [0, 0.1) is 11.8 Å². The van der Waals surface area contributed by atoms with Gasteiger partial charge in [0.15, 0.2) is 0 Å². The summed E-state index contributed by atoms with van der Waals surface area (Å²) in [6, 6.07) is 8.71. The van der Waals surface area contributed by atoms with Gasteiger partial charge >= 0.3 is 0 Å². The lowest BCUT2D eigenvalue weighted by Crippen LogP contribution is -2.21. The second-order valence-corrected chi connectivity index (χ2v) is 6.82. The van der Waals surface area contributed by atoms with Gasteiger partial charge in [-0.15, -0.1) is 0 Å². The van der Waals surface area contributed by atoms with Crippen LogP contribution in [0.25, 0.3) is 5.57 Å². The molecule has 0 N–H and O–H groups in total. The molecular formula is C20H28N. The lowest BCUT2D eigenvalue weighted by Gasteiger charge is -2.30. The summed E-state index contributed by atoms with van der Waals surface area (Å²) in [5, 5.41) is 5.00. The minimum atomic E-state index is 0.697. The van der Waals surface area contributed by atoms with Crippen molar-refractivity contribution in [2.24, 2.45) is 11.8 Å². The number of unbranched alkanes of at least 4 members (excludes halogenated alkanes) is 4.